The number of H-pyrrole nitrogens is 1. The van der Waals surface area contributed by atoms with Crippen LogP contribution in [0, 0.1) is 6.92 Å². The normalized spacial score (nSPS) is 16.8. The molecular formula is C15H14N2O2S. The van der Waals surface area contributed by atoms with Crippen LogP contribution >= 0.6 is 11.8 Å². The van der Waals surface area contributed by atoms with Crippen LogP contribution in [0.25, 0.3) is 0 Å². The van der Waals surface area contributed by atoms with E-state index in [1.54, 1.807) is 18.0 Å². The van der Waals surface area contributed by atoms with Gasteiger partial charge in [0.05, 0.1) is 5.25 Å². The van der Waals surface area contributed by atoms with E-state index in [4.69, 9.17) is 0 Å². The van der Waals surface area contributed by atoms with E-state index in [0.29, 0.717) is 12.1 Å². The Labute approximate surface area is 120 Å². The molecule has 1 aliphatic heterocycles. The summed E-state index contributed by atoms with van der Waals surface area (Å²) in [6.07, 6.45) is 3.76. The predicted molar refractivity (Wildman–Crippen MR) is 80.2 cm³/mol. The van der Waals surface area contributed by atoms with Crippen molar-refractivity contribution in [3.8, 4) is 0 Å². The zero-order valence-electron chi connectivity index (χ0n) is 11.0. The van der Waals surface area contributed by atoms with E-state index >= 15 is 0 Å². The van der Waals surface area contributed by atoms with Crippen molar-refractivity contribution in [1.29, 1.82) is 0 Å². The molecule has 5 heteroatoms. The minimum absolute atomic E-state index is 0.124. The number of rotatable bonds is 2. The number of carbonyl (C=O) groups is 1. The lowest BCUT2D eigenvalue weighted by molar-refractivity contribution is -0.115. The molecule has 0 aliphatic carbocycles. The van der Waals surface area contributed by atoms with Crippen molar-refractivity contribution in [2.45, 2.75) is 23.5 Å². The van der Waals surface area contributed by atoms with Crippen LogP contribution < -0.4 is 10.7 Å². The summed E-state index contributed by atoms with van der Waals surface area (Å²) >= 11 is 1.56. The lowest BCUT2D eigenvalue weighted by Gasteiger charge is -2.08. The molecule has 4 nitrogen and oxygen atoms in total. The van der Waals surface area contributed by atoms with Gasteiger partial charge in [-0.15, -0.1) is 11.8 Å². The van der Waals surface area contributed by atoms with Crippen LogP contribution in [0.2, 0.25) is 0 Å². The average Bonchev–Trinajstić information content (AvgIpc) is 2.84. The van der Waals surface area contributed by atoms with Crippen molar-refractivity contribution < 1.29 is 4.79 Å². The Balaban J connectivity index is 1.75. The molecule has 3 rings (SSSR count). The van der Waals surface area contributed by atoms with Gasteiger partial charge < -0.3 is 10.3 Å². The van der Waals surface area contributed by atoms with E-state index < -0.39 is 0 Å². The van der Waals surface area contributed by atoms with Gasteiger partial charge in [0, 0.05) is 23.4 Å². The van der Waals surface area contributed by atoms with E-state index in [0.717, 1.165) is 4.90 Å². The molecule has 0 unspecified atom stereocenters. The zero-order valence-corrected chi connectivity index (χ0v) is 11.8. The summed E-state index contributed by atoms with van der Waals surface area (Å²) in [5, 5.41) is 2.52. The standard InChI is InChI=1S/C15H14N2O2S/c1-9-2-3-10-7-14(20-13(10)6-9)15(19)17-11-8-16-5-4-12(11)18/h2-6,8,14H,7H2,1H3,(H,16,18)(H,17,19)/t14-/m0/s1. The maximum atomic E-state index is 12.2. The average molecular weight is 286 g/mol. The fourth-order valence-corrected chi connectivity index (χ4v) is 3.50. The van der Waals surface area contributed by atoms with Gasteiger partial charge in [0.15, 0.2) is 0 Å². The fraction of sp³-hybridized carbons (Fsp3) is 0.200. The Bertz CT molecular complexity index is 724. The third kappa shape index (κ3) is 2.49. The minimum atomic E-state index is -0.187. The number of aromatic nitrogens is 1. The van der Waals surface area contributed by atoms with Crippen molar-refractivity contribution in [3.05, 3.63) is 58.0 Å². The Morgan fingerprint density at radius 1 is 1.40 bits per heavy atom. The Morgan fingerprint density at radius 3 is 3.05 bits per heavy atom. The van der Waals surface area contributed by atoms with Crippen molar-refractivity contribution >= 4 is 23.4 Å². The molecule has 0 spiro atoms. The summed E-state index contributed by atoms with van der Waals surface area (Å²) in [7, 11) is 0. The molecule has 0 saturated heterocycles. The summed E-state index contributed by atoms with van der Waals surface area (Å²) < 4.78 is 0. The highest BCUT2D eigenvalue weighted by Crippen LogP contribution is 2.37. The predicted octanol–water partition coefficient (Wildman–Crippen LogP) is 2.34. The van der Waals surface area contributed by atoms with E-state index in [2.05, 4.69) is 28.5 Å². The molecule has 1 aliphatic rings. The number of benzene rings is 1. The summed E-state index contributed by atoms with van der Waals surface area (Å²) in [6, 6.07) is 7.62. The topological polar surface area (TPSA) is 62.0 Å². The number of anilines is 1. The second kappa shape index (κ2) is 5.17. The monoisotopic (exact) mass is 286 g/mol. The van der Waals surface area contributed by atoms with E-state index in [1.807, 2.05) is 6.92 Å². The Hall–Kier alpha value is -2.01. The van der Waals surface area contributed by atoms with E-state index in [9.17, 15) is 9.59 Å². The molecule has 102 valence electrons. The molecule has 2 heterocycles. The number of hydrogen-bond acceptors (Lipinski definition) is 3. The largest absolute Gasteiger partial charge is 0.366 e. The van der Waals surface area contributed by atoms with Gasteiger partial charge in [-0.3, -0.25) is 9.59 Å². The highest BCUT2D eigenvalue weighted by atomic mass is 32.2. The summed E-state index contributed by atoms with van der Waals surface area (Å²) in [6.45, 7) is 2.04. The highest BCUT2D eigenvalue weighted by molar-refractivity contribution is 8.01. The molecule has 2 N–H and O–H groups in total. The quantitative estimate of drug-likeness (QED) is 0.890. The first-order valence-electron chi connectivity index (χ1n) is 6.37. The first-order valence-corrected chi connectivity index (χ1v) is 7.25. The van der Waals surface area contributed by atoms with Gasteiger partial charge >= 0.3 is 0 Å². The van der Waals surface area contributed by atoms with Gasteiger partial charge in [-0.05, 0) is 25.0 Å². The van der Waals surface area contributed by atoms with Gasteiger partial charge in [0.1, 0.15) is 5.69 Å². The fourth-order valence-electron chi connectivity index (χ4n) is 2.21. The number of hydrogen-bond donors (Lipinski definition) is 2. The SMILES string of the molecule is Cc1ccc2c(c1)S[C@H](C(=O)Nc1c[nH]ccc1=O)C2. The first-order chi connectivity index (χ1) is 9.63. The lowest BCUT2D eigenvalue weighted by atomic mass is 10.1. The number of aromatic amines is 1. The van der Waals surface area contributed by atoms with Crippen molar-refractivity contribution in [1.82, 2.24) is 4.98 Å². The summed E-state index contributed by atoms with van der Waals surface area (Å²) in [4.78, 5) is 27.8. The molecular weight excluding hydrogens is 272 g/mol. The number of aryl methyl sites for hydroxylation is 1. The van der Waals surface area contributed by atoms with Crippen LogP contribution in [0.4, 0.5) is 5.69 Å². The van der Waals surface area contributed by atoms with Crippen LogP contribution in [0.1, 0.15) is 11.1 Å². The number of thioether (sulfide) groups is 1. The number of pyridine rings is 1. The molecule has 1 amide bonds. The van der Waals surface area contributed by atoms with Crippen LogP contribution in [0.5, 0.6) is 0 Å². The highest BCUT2D eigenvalue weighted by Gasteiger charge is 2.28. The maximum Gasteiger partial charge on any atom is 0.238 e. The lowest BCUT2D eigenvalue weighted by Crippen LogP contribution is -2.27. The zero-order chi connectivity index (χ0) is 14.1. The maximum absolute atomic E-state index is 12.2. The molecule has 20 heavy (non-hydrogen) atoms. The van der Waals surface area contributed by atoms with E-state index in [1.165, 1.54) is 23.4 Å². The third-order valence-corrected chi connectivity index (χ3v) is 4.57. The van der Waals surface area contributed by atoms with Crippen LogP contribution in [0.15, 0.2) is 46.3 Å². The van der Waals surface area contributed by atoms with Crippen molar-refractivity contribution in [2.24, 2.45) is 0 Å². The number of amides is 1. The van der Waals surface area contributed by atoms with E-state index in [-0.39, 0.29) is 16.6 Å². The first kappa shape index (κ1) is 13.0. The Kier molecular flexibility index (Phi) is 3.36. The van der Waals surface area contributed by atoms with Gasteiger partial charge in [-0.2, -0.15) is 0 Å². The second-order valence-corrected chi connectivity index (χ2v) is 6.08. The number of nitrogens with one attached hydrogen (secondary N) is 2. The summed E-state index contributed by atoms with van der Waals surface area (Å²) in [5.41, 5.74) is 2.50. The van der Waals surface area contributed by atoms with Gasteiger partial charge in [0.25, 0.3) is 0 Å². The van der Waals surface area contributed by atoms with Crippen LogP contribution in [0.3, 0.4) is 0 Å². The second-order valence-electron chi connectivity index (χ2n) is 4.83. The van der Waals surface area contributed by atoms with Crippen molar-refractivity contribution in [3.63, 3.8) is 0 Å². The molecule has 0 radical (unpaired) electrons. The Morgan fingerprint density at radius 2 is 2.25 bits per heavy atom. The molecule has 1 atom stereocenters. The molecule has 0 bridgehead atoms. The number of carbonyl (C=O) groups excluding carboxylic acids is 1. The smallest absolute Gasteiger partial charge is 0.238 e. The molecule has 2 aromatic rings. The third-order valence-electron chi connectivity index (χ3n) is 3.27. The van der Waals surface area contributed by atoms with Crippen LogP contribution in [-0.2, 0) is 11.2 Å². The molecule has 1 aromatic heterocycles. The molecule has 1 aromatic carbocycles. The molecule has 0 fully saturated rings. The van der Waals surface area contributed by atoms with Crippen LogP contribution in [-0.4, -0.2) is 16.1 Å². The number of fused-ring (bicyclic) bond motifs is 1. The van der Waals surface area contributed by atoms with Gasteiger partial charge in [0.2, 0.25) is 11.3 Å². The van der Waals surface area contributed by atoms with Crippen molar-refractivity contribution in [2.75, 3.05) is 5.32 Å². The minimum Gasteiger partial charge on any atom is -0.366 e. The summed E-state index contributed by atoms with van der Waals surface area (Å²) in [5.74, 6) is -0.124. The van der Waals surface area contributed by atoms with Gasteiger partial charge in [-0.1, -0.05) is 17.7 Å². The molecule has 0 saturated carbocycles. The van der Waals surface area contributed by atoms with Gasteiger partial charge in [-0.25, -0.2) is 0 Å².